The highest BCUT2D eigenvalue weighted by Gasteiger charge is 2.21. The number of nitriles is 1. The number of ether oxygens (including phenoxy) is 1. The van der Waals surface area contributed by atoms with Crippen molar-refractivity contribution < 1.29 is 13.9 Å². The summed E-state index contributed by atoms with van der Waals surface area (Å²) in [5, 5.41) is 12.0. The van der Waals surface area contributed by atoms with Gasteiger partial charge in [-0.2, -0.15) is 5.26 Å². The Hall–Kier alpha value is -3.96. The van der Waals surface area contributed by atoms with E-state index in [1.165, 1.54) is 12.1 Å². The summed E-state index contributed by atoms with van der Waals surface area (Å²) in [7, 11) is 1.55. The minimum absolute atomic E-state index is 0.0951. The van der Waals surface area contributed by atoms with E-state index in [-0.39, 0.29) is 24.8 Å². The van der Waals surface area contributed by atoms with E-state index in [0.717, 1.165) is 28.0 Å². The Morgan fingerprint density at radius 2 is 2.06 bits per heavy atom. The molecule has 1 aliphatic rings. The van der Waals surface area contributed by atoms with Crippen molar-refractivity contribution >= 4 is 11.6 Å². The molecule has 1 atom stereocenters. The number of nitrogens with one attached hydrogen (secondary N) is 1. The molecule has 160 valence electrons. The van der Waals surface area contributed by atoms with Crippen LogP contribution in [0.25, 0.3) is 0 Å². The average Bonchev–Trinajstić information content (AvgIpc) is 3.22. The van der Waals surface area contributed by atoms with Gasteiger partial charge in [0.1, 0.15) is 17.6 Å². The first-order valence-electron chi connectivity index (χ1n) is 10.0. The summed E-state index contributed by atoms with van der Waals surface area (Å²) in [6.07, 6.45) is 3.39. The first-order chi connectivity index (χ1) is 15.6. The van der Waals surface area contributed by atoms with Crippen LogP contribution >= 0.6 is 0 Å². The molecule has 3 heterocycles. The number of hydrogen-bond donors (Lipinski definition) is 1. The van der Waals surface area contributed by atoms with Crippen LogP contribution in [0.1, 0.15) is 39.7 Å². The van der Waals surface area contributed by atoms with Crippen LogP contribution in [0.3, 0.4) is 0 Å². The first kappa shape index (κ1) is 21.3. The van der Waals surface area contributed by atoms with Gasteiger partial charge in [0.25, 0.3) is 0 Å². The van der Waals surface area contributed by atoms with E-state index in [0.29, 0.717) is 17.9 Å². The second-order valence-corrected chi connectivity index (χ2v) is 7.34. The lowest BCUT2D eigenvalue weighted by molar-refractivity contribution is -0.121. The number of nitrogens with zero attached hydrogens (tertiary/aromatic N) is 4. The van der Waals surface area contributed by atoms with Crippen LogP contribution in [0, 0.1) is 17.1 Å². The topological polar surface area (TPSA) is 100 Å². The van der Waals surface area contributed by atoms with E-state index in [1.807, 2.05) is 18.2 Å². The van der Waals surface area contributed by atoms with Gasteiger partial charge >= 0.3 is 0 Å². The van der Waals surface area contributed by atoms with E-state index < -0.39 is 6.04 Å². The molecule has 0 saturated heterocycles. The molecule has 8 heteroatoms. The molecule has 0 fully saturated rings. The Bertz CT molecular complexity index is 1220. The summed E-state index contributed by atoms with van der Waals surface area (Å²) in [5.74, 6) is -0.549. The molecule has 2 aromatic heterocycles. The van der Waals surface area contributed by atoms with Crippen LogP contribution in [-0.4, -0.2) is 35.3 Å². The molecule has 0 saturated carbocycles. The van der Waals surface area contributed by atoms with Gasteiger partial charge in [-0.1, -0.05) is 12.1 Å². The summed E-state index contributed by atoms with van der Waals surface area (Å²) in [4.78, 5) is 25.7. The highest BCUT2D eigenvalue weighted by atomic mass is 19.1. The number of pyridine rings is 2. The second-order valence-electron chi connectivity index (χ2n) is 7.34. The smallest absolute Gasteiger partial charge is 0.226 e. The fourth-order valence-electron chi connectivity index (χ4n) is 3.62. The number of aliphatic imine (C=N–C) groups is 1. The van der Waals surface area contributed by atoms with Gasteiger partial charge in [0.05, 0.1) is 37.0 Å². The van der Waals surface area contributed by atoms with Crippen LogP contribution in [0.15, 0.2) is 59.9 Å². The zero-order chi connectivity index (χ0) is 22.5. The van der Waals surface area contributed by atoms with Crippen molar-refractivity contribution in [1.29, 1.82) is 5.26 Å². The standard InChI is InChI=1S/C24H20FN5O2/c1-32-14-22(15-2-4-18(25)5-3-15)30-23(31)10-19-9-17-12-29-24(21(17)13-28-19)16-6-7-27-20(8-16)11-26/h2-9,13,22H,10,12,14H2,1H3,(H,30,31)/t22-/m1/s1. The molecule has 1 N–H and O–H groups in total. The monoisotopic (exact) mass is 429 g/mol. The van der Waals surface area contributed by atoms with Gasteiger partial charge in [0.2, 0.25) is 5.91 Å². The predicted octanol–water partition coefficient (Wildman–Crippen LogP) is 2.88. The average molecular weight is 429 g/mol. The molecule has 0 spiro atoms. The van der Waals surface area contributed by atoms with Gasteiger partial charge < -0.3 is 10.1 Å². The van der Waals surface area contributed by atoms with E-state index in [1.54, 1.807) is 37.7 Å². The number of carbonyl (C=O) groups is 1. The Morgan fingerprint density at radius 1 is 1.25 bits per heavy atom. The fraction of sp³-hybridized carbons (Fsp3) is 0.208. The van der Waals surface area contributed by atoms with Crippen molar-refractivity contribution in [3.63, 3.8) is 0 Å². The SMILES string of the molecule is COC[C@@H](NC(=O)Cc1cc2c(cn1)C(c1ccnc(C#N)c1)=NC2)c1ccc(F)cc1. The lowest BCUT2D eigenvalue weighted by atomic mass is 10.0. The highest BCUT2D eigenvalue weighted by molar-refractivity contribution is 6.15. The Labute approximate surface area is 184 Å². The molecule has 0 radical (unpaired) electrons. The summed E-state index contributed by atoms with van der Waals surface area (Å²) in [6.45, 7) is 0.747. The Balaban J connectivity index is 1.46. The predicted molar refractivity (Wildman–Crippen MR) is 115 cm³/mol. The lowest BCUT2D eigenvalue weighted by Crippen LogP contribution is -2.32. The number of hydrogen-bond acceptors (Lipinski definition) is 6. The van der Waals surface area contributed by atoms with Crippen LogP contribution in [0.5, 0.6) is 0 Å². The number of halogens is 1. The number of aromatic nitrogens is 2. The number of rotatable bonds is 7. The lowest BCUT2D eigenvalue weighted by Gasteiger charge is -2.18. The molecule has 3 aromatic rings. The van der Waals surface area contributed by atoms with Gasteiger partial charge in [0, 0.05) is 30.6 Å². The van der Waals surface area contributed by atoms with Crippen molar-refractivity contribution in [2.45, 2.75) is 19.0 Å². The molecule has 1 amide bonds. The molecule has 1 aromatic carbocycles. The van der Waals surface area contributed by atoms with Crippen molar-refractivity contribution in [3.8, 4) is 6.07 Å². The molecule has 4 rings (SSSR count). The number of carbonyl (C=O) groups excluding carboxylic acids is 1. The van der Waals surface area contributed by atoms with Crippen LogP contribution in [0.2, 0.25) is 0 Å². The second kappa shape index (κ2) is 9.45. The third kappa shape index (κ3) is 4.68. The van der Waals surface area contributed by atoms with Crippen LogP contribution < -0.4 is 5.32 Å². The van der Waals surface area contributed by atoms with Gasteiger partial charge in [-0.15, -0.1) is 0 Å². The maximum atomic E-state index is 13.2. The summed E-state index contributed by atoms with van der Waals surface area (Å²) in [6, 6.07) is 13.0. The summed E-state index contributed by atoms with van der Waals surface area (Å²) in [5.41, 5.74) is 5.14. The number of amides is 1. The van der Waals surface area contributed by atoms with Crippen molar-refractivity contribution in [1.82, 2.24) is 15.3 Å². The maximum Gasteiger partial charge on any atom is 0.226 e. The number of methoxy groups -OCH3 is 1. The summed E-state index contributed by atoms with van der Waals surface area (Å²) < 4.78 is 18.4. The highest BCUT2D eigenvalue weighted by Crippen LogP contribution is 2.23. The minimum atomic E-state index is -0.390. The Kier molecular flexibility index (Phi) is 6.29. The van der Waals surface area contributed by atoms with E-state index >= 15 is 0 Å². The molecule has 7 nitrogen and oxygen atoms in total. The zero-order valence-electron chi connectivity index (χ0n) is 17.4. The van der Waals surface area contributed by atoms with Crippen LogP contribution in [0.4, 0.5) is 4.39 Å². The van der Waals surface area contributed by atoms with Gasteiger partial charge in [-0.25, -0.2) is 9.37 Å². The third-order valence-electron chi connectivity index (χ3n) is 5.14. The van der Waals surface area contributed by atoms with Crippen molar-refractivity contribution in [2.24, 2.45) is 4.99 Å². The Morgan fingerprint density at radius 3 is 2.81 bits per heavy atom. The normalized spacial score (nSPS) is 13.1. The molecule has 0 aliphatic carbocycles. The molecule has 1 aliphatic heterocycles. The van der Waals surface area contributed by atoms with Gasteiger partial charge in [-0.3, -0.25) is 14.8 Å². The molecule has 32 heavy (non-hydrogen) atoms. The third-order valence-corrected chi connectivity index (χ3v) is 5.14. The zero-order valence-corrected chi connectivity index (χ0v) is 17.4. The van der Waals surface area contributed by atoms with E-state index in [9.17, 15) is 9.18 Å². The van der Waals surface area contributed by atoms with Gasteiger partial charge in [-0.05, 0) is 41.5 Å². The number of benzene rings is 1. The molecule has 0 bridgehead atoms. The van der Waals surface area contributed by atoms with Crippen molar-refractivity contribution in [3.05, 3.63) is 94.3 Å². The summed E-state index contributed by atoms with van der Waals surface area (Å²) >= 11 is 0. The van der Waals surface area contributed by atoms with E-state index in [4.69, 9.17) is 10.00 Å². The molecule has 0 unspecified atom stereocenters. The van der Waals surface area contributed by atoms with Crippen molar-refractivity contribution in [2.75, 3.05) is 13.7 Å². The maximum absolute atomic E-state index is 13.2. The minimum Gasteiger partial charge on any atom is -0.382 e. The van der Waals surface area contributed by atoms with E-state index in [2.05, 4.69) is 20.3 Å². The van der Waals surface area contributed by atoms with Crippen LogP contribution in [-0.2, 0) is 22.5 Å². The first-order valence-corrected chi connectivity index (χ1v) is 10.0. The fourth-order valence-corrected chi connectivity index (χ4v) is 3.62. The molecular weight excluding hydrogens is 409 g/mol. The quantitative estimate of drug-likeness (QED) is 0.623. The molecular formula is C24H20FN5O2. The largest absolute Gasteiger partial charge is 0.382 e. The number of fused-ring (bicyclic) bond motifs is 1. The van der Waals surface area contributed by atoms with Gasteiger partial charge in [0.15, 0.2) is 0 Å².